The van der Waals surface area contributed by atoms with Crippen LogP contribution in [0.4, 0.5) is 0 Å². The molecule has 17 heavy (non-hydrogen) atoms. The highest BCUT2D eigenvalue weighted by molar-refractivity contribution is 5.73. The Morgan fingerprint density at radius 1 is 1.53 bits per heavy atom. The van der Waals surface area contributed by atoms with E-state index in [1.165, 1.54) is 10.8 Å². The average molecular weight is 238 g/mol. The molecule has 0 aromatic carbocycles. The molecule has 1 heterocycles. The summed E-state index contributed by atoms with van der Waals surface area (Å²) in [6.45, 7) is 5.74. The number of carboxylic acid groups (broad SMARTS) is 1. The van der Waals surface area contributed by atoms with Crippen LogP contribution in [0.25, 0.3) is 0 Å². The van der Waals surface area contributed by atoms with E-state index in [2.05, 4.69) is 4.98 Å². The number of aryl methyl sites for hydroxylation is 2. The maximum Gasteiger partial charge on any atom is 0.347 e. The van der Waals surface area contributed by atoms with E-state index in [1.54, 1.807) is 20.0 Å². The Hall–Kier alpha value is -1.65. The van der Waals surface area contributed by atoms with Gasteiger partial charge in [-0.2, -0.15) is 0 Å². The molecule has 1 aromatic rings. The number of nitrogens with zero attached hydrogens (tertiary/aromatic N) is 2. The molecule has 1 aromatic heterocycles. The minimum atomic E-state index is -0.813. The minimum absolute atomic E-state index is 0.288. The number of aromatic nitrogens is 2. The van der Waals surface area contributed by atoms with E-state index >= 15 is 0 Å². The fraction of sp³-hybridized carbons (Fsp3) is 0.583. The summed E-state index contributed by atoms with van der Waals surface area (Å²) in [5.41, 5.74) is -0.119. The number of carboxylic acids is 1. The molecule has 0 aliphatic carbocycles. The normalized spacial score (nSPS) is 11.5. The molecule has 0 spiro atoms. The number of hydrogen-bond acceptors (Lipinski definition) is 3. The third-order valence-electron chi connectivity index (χ3n) is 2.76. The first-order chi connectivity index (χ1) is 7.83. The van der Waals surface area contributed by atoms with Gasteiger partial charge in [0.25, 0.3) is 0 Å². The summed E-state index contributed by atoms with van der Waals surface area (Å²) in [6.07, 6.45) is 4.44. The van der Waals surface area contributed by atoms with Gasteiger partial charge in [0, 0.05) is 18.9 Å². The molecular weight excluding hydrogens is 220 g/mol. The maximum atomic E-state index is 11.4. The quantitative estimate of drug-likeness (QED) is 0.842. The van der Waals surface area contributed by atoms with Crippen LogP contribution in [0.15, 0.2) is 17.2 Å². The maximum absolute atomic E-state index is 11.4. The van der Waals surface area contributed by atoms with E-state index in [0.29, 0.717) is 19.4 Å². The zero-order valence-corrected chi connectivity index (χ0v) is 10.4. The van der Waals surface area contributed by atoms with Crippen LogP contribution in [0, 0.1) is 12.3 Å². The summed E-state index contributed by atoms with van der Waals surface area (Å²) in [7, 11) is 0. The molecule has 0 fully saturated rings. The zero-order valence-electron chi connectivity index (χ0n) is 10.4. The Morgan fingerprint density at radius 2 is 2.18 bits per heavy atom. The highest BCUT2D eigenvalue weighted by Crippen LogP contribution is 2.22. The van der Waals surface area contributed by atoms with Crippen molar-refractivity contribution in [3.63, 3.8) is 0 Å². The van der Waals surface area contributed by atoms with Crippen molar-refractivity contribution >= 4 is 5.97 Å². The molecule has 5 nitrogen and oxygen atoms in total. The third-order valence-corrected chi connectivity index (χ3v) is 2.76. The van der Waals surface area contributed by atoms with Crippen LogP contribution in [0.1, 0.15) is 32.3 Å². The van der Waals surface area contributed by atoms with Crippen LogP contribution in [-0.4, -0.2) is 20.6 Å². The summed E-state index contributed by atoms with van der Waals surface area (Å²) < 4.78 is 1.52. The van der Waals surface area contributed by atoms with E-state index in [0.717, 1.165) is 5.56 Å². The standard InChI is InChI=1S/C12H18N2O3/c1-9-7-13-11(17)14(8-9)6-4-5-12(2,3)10(15)16/h7-8H,4-6H2,1-3H3,(H,15,16). The molecular formula is C12H18N2O3. The lowest BCUT2D eigenvalue weighted by Crippen LogP contribution is -2.26. The van der Waals surface area contributed by atoms with Crippen LogP contribution in [0.3, 0.4) is 0 Å². The summed E-state index contributed by atoms with van der Waals surface area (Å²) in [4.78, 5) is 26.0. The van der Waals surface area contributed by atoms with Gasteiger partial charge in [0.15, 0.2) is 0 Å². The molecule has 0 saturated heterocycles. The number of aliphatic carboxylic acids is 1. The second-order valence-corrected chi connectivity index (χ2v) is 4.90. The van der Waals surface area contributed by atoms with E-state index in [4.69, 9.17) is 5.11 Å². The Kier molecular flexibility index (Phi) is 4.04. The van der Waals surface area contributed by atoms with E-state index in [9.17, 15) is 9.59 Å². The van der Waals surface area contributed by atoms with Gasteiger partial charge in [-0.3, -0.25) is 9.36 Å². The van der Waals surface area contributed by atoms with Gasteiger partial charge in [-0.05, 0) is 39.2 Å². The molecule has 0 aliphatic heterocycles. The molecule has 0 bridgehead atoms. The molecule has 0 atom stereocenters. The van der Waals surface area contributed by atoms with Gasteiger partial charge in [0.2, 0.25) is 0 Å². The highest BCUT2D eigenvalue weighted by Gasteiger charge is 2.26. The minimum Gasteiger partial charge on any atom is -0.481 e. The lowest BCUT2D eigenvalue weighted by molar-refractivity contribution is -0.147. The van der Waals surface area contributed by atoms with Gasteiger partial charge in [0.1, 0.15) is 0 Å². The molecule has 0 aliphatic rings. The van der Waals surface area contributed by atoms with E-state index in [1.807, 2.05) is 6.92 Å². The molecule has 0 radical (unpaired) electrons. The van der Waals surface area contributed by atoms with Crippen molar-refractivity contribution in [3.8, 4) is 0 Å². The molecule has 1 N–H and O–H groups in total. The smallest absolute Gasteiger partial charge is 0.347 e. The Morgan fingerprint density at radius 3 is 2.76 bits per heavy atom. The van der Waals surface area contributed by atoms with E-state index < -0.39 is 11.4 Å². The van der Waals surface area contributed by atoms with Crippen molar-refractivity contribution in [3.05, 3.63) is 28.4 Å². The fourth-order valence-corrected chi connectivity index (χ4v) is 1.52. The van der Waals surface area contributed by atoms with Gasteiger partial charge < -0.3 is 5.11 Å². The zero-order chi connectivity index (χ0) is 13.1. The van der Waals surface area contributed by atoms with Crippen molar-refractivity contribution in [1.29, 1.82) is 0 Å². The van der Waals surface area contributed by atoms with Gasteiger partial charge >= 0.3 is 11.7 Å². The van der Waals surface area contributed by atoms with Crippen molar-refractivity contribution in [1.82, 2.24) is 9.55 Å². The van der Waals surface area contributed by atoms with Crippen molar-refractivity contribution in [2.75, 3.05) is 0 Å². The Labute approximate surface area is 100 Å². The van der Waals surface area contributed by atoms with Crippen molar-refractivity contribution in [2.24, 2.45) is 5.41 Å². The van der Waals surface area contributed by atoms with Gasteiger partial charge in [-0.1, -0.05) is 0 Å². The Bertz CT molecular complexity index is 463. The molecule has 0 saturated carbocycles. The van der Waals surface area contributed by atoms with Gasteiger partial charge in [-0.15, -0.1) is 0 Å². The lowest BCUT2D eigenvalue weighted by Gasteiger charge is -2.18. The monoisotopic (exact) mass is 238 g/mol. The highest BCUT2D eigenvalue weighted by atomic mass is 16.4. The first-order valence-electron chi connectivity index (χ1n) is 5.59. The molecule has 0 amide bonds. The third kappa shape index (κ3) is 3.69. The SMILES string of the molecule is Cc1cnc(=O)n(CCCC(C)(C)C(=O)O)c1. The average Bonchev–Trinajstić information content (AvgIpc) is 2.22. The largest absolute Gasteiger partial charge is 0.481 e. The lowest BCUT2D eigenvalue weighted by atomic mass is 9.88. The second kappa shape index (κ2) is 5.12. The van der Waals surface area contributed by atoms with Crippen molar-refractivity contribution in [2.45, 2.75) is 40.2 Å². The van der Waals surface area contributed by atoms with Gasteiger partial charge in [-0.25, -0.2) is 9.78 Å². The van der Waals surface area contributed by atoms with Crippen LogP contribution < -0.4 is 5.69 Å². The van der Waals surface area contributed by atoms with Crippen LogP contribution in [0.2, 0.25) is 0 Å². The summed E-state index contributed by atoms with van der Waals surface area (Å²) in [5, 5.41) is 8.96. The number of rotatable bonds is 5. The predicted octanol–water partition coefficient (Wildman–Crippen LogP) is 1.44. The van der Waals surface area contributed by atoms with E-state index in [-0.39, 0.29) is 5.69 Å². The second-order valence-electron chi connectivity index (χ2n) is 4.90. The van der Waals surface area contributed by atoms with Gasteiger partial charge in [0.05, 0.1) is 5.41 Å². The van der Waals surface area contributed by atoms with Crippen LogP contribution in [-0.2, 0) is 11.3 Å². The fourth-order valence-electron chi connectivity index (χ4n) is 1.52. The predicted molar refractivity (Wildman–Crippen MR) is 63.9 cm³/mol. The van der Waals surface area contributed by atoms with Crippen LogP contribution >= 0.6 is 0 Å². The number of carbonyl (C=O) groups is 1. The summed E-state index contributed by atoms with van der Waals surface area (Å²) >= 11 is 0. The summed E-state index contributed by atoms with van der Waals surface area (Å²) in [5.74, 6) is -0.813. The first-order valence-corrected chi connectivity index (χ1v) is 5.59. The first kappa shape index (κ1) is 13.4. The topological polar surface area (TPSA) is 72.2 Å². The molecule has 1 rings (SSSR count). The van der Waals surface area contributed by atoms with Crippen molar-refractivity contribution < 1.29 is 9.90 Å². The molecule has 0 unspecified atom stereocenters. The number of hydrogen-bond donors (Lipinski definition) is 1. The molecule has 94 valence electrons. The van der Waals surface area contributed by atoms with Crippen LogP contribution in [0.5, 0.6) is 0 Å². The molecule has 5 heteroatoms. The summed E-state index contributed by atoms with van der Waals surface area (Å²) in [6, 6.07) is 0. The Balaban J connectivity index is 2.60.